The third-order valence-corrected chi connectivity index (χ3v) is 4.14. The molecule has 4 heteroatoms. The van der Waals surface area contributed by atoms with E-state index in [2.05, 4.69) is 22.4 Å². The third kappa shape index (κ3) is 5.15. The van der Waals surface area contributed by atoms with Crippen LogP contribution in [0.3, 0.4) is 0 Å². The quantitative estimate of drug-likeness (QED) is 0.654. The number of nitrogens with one attached hydrogen (secondary N) is 1. The number of aliphatic hydroxyl groups is 1. The number of benzene rings is 2. The van der Waals surface area contributed by atoms with Crippen LogP contribution >= 0.6 is 0 Å². The zero-order chi connectivity index (χ0) is 18.2. The second-order valence-corrected chi connectivity index (χ2v) is 6.28. The molecule has 26 heavy (non-hydrogen) atoms. The lowest BCUT2D eigenvalue weighted by Gasteiger charge is -2.21. The molecule has 2 unspecified atom stereocenters. The molecule has 3 aromatic rings. The summed E-state index contributed by atoms with van der Waals surface area (Å²) < 4.78 is 5.66. The van der Waals surface area contributed by atoms with Crippen molar-refractivity contribution in [2.45, 2.75) is 19.1 Å². The van der Waals surface area contributed by atoms with E-state index in [4.69, 9.17) is 4.74 Å². The van der Waals surface area contributed by atoms with Crippen LogP contribution in [0.1, 0.15) is 22.9 Å². The number of nitrogens with zero attached hydrogens (tertiary/aromatic N) is 1. The lowest BCUT2D eigenvalue weighted by atomic mass is 10.0. The van der Waals surface area contributed by atoms with Gasteiger partial charge in [-0.1, -0.05) is 54.1 Å². The Balaban J connectivity index is 1.59. The summed E-state index contributed by atoms with van der Waals surface area (Å²) in [5.74, 6) is 0.763. The number of aryl methyl sites for hydroxylation is 1. The third-order valence-electron chi connectivity index (χ3n) is 4.14. The van der Waals surface area contributed by atoms with Gasteiger partial charge in [0.15, 0.2) is 0 Å². The minimum Gasteiger partial charge on any atom is -0.491 e. The molecule has 2 aromatic carbocycles. The van der Waals surface area contributed by atoms with Gasteiger partial charge >= 0.3 is 0 Å². The monoisotopic (exact) mass is 348 g/mol. The minimum atomic E-state index is -0.619. The molecule has 0 aliphatic carbocycles. The van der Waals surface area contributed by atoms with Gasteiger partial charge in [-0.15, -0.1) is 0 Å². The first-order valence-electron chi connectivity index (χ1n) is 8.79. The molecule has 0 bridgehead atoms. The van der Waals surface area contributed by atoms with Crippen molar-refractivity contribution in [2.24, 2.45) is 0 Å². The molecule has 0 aliphatic rings. The number of hydrogen-bond donors (Lipinski definition) is 2. The zero-order valence-corrected chi connectivity index (χ0v) is 14.9. The molecule has 0 saturated heterocycles. The molecule has 0 fully saturated rings. The topological polar surface area (TPSA) is 54.4 Å². The number of aliphatic hydroxyl groups excluding tert-OH is 1. The number of hydrogen-bond acceptors (Lipinski definition) is 4. The van der Waals surface area contributed by atoms with Gasteiger partial charge in [0, 0.05) is 12.7 Å². The van der Waals surface area contributed by atoms with Crippen LogP contribution in [0.25, 0.3) is 0 Å². The van der Waals surface area contributed by atoms with Crippen LogP contribution in [-0.4, -0.2) is 29.3 Å². The predicted molar refractivity (Wildman–Crippen MR) is 103 cm³/mol. The van der Waals surface area contributed by atoms with Gasteiger partial charge in [0.05, 0.1) is 11.7 Å². The van der Waals surface area contributed by atoms with Gasteiger partial charge in [-0.05, 0) is 36.8 Å². The Labute approximate surface area is 154 Å². The van der Waals surface area contributed by atoms with E-state index in [-0.39, 0.29) is 12.6 Å². The highest BCUT2D eigenvalue weighted by molar-refractivity contribution is 5.28. The number of aromatic nitrogens is 1. The van der Waals surface area contributed by atoms with Crippen molar-refractivity contribution >= 4 is 0 Å². The van der Waals surface area contributed by atoms with Crippen LogP contribution in [0, 0.1) is 6.92 Å². The molecule has 2 N–H and O–H groups in total. The summed E-state index contributed by atoms with van der Waals surface area (Å²) in [6.45, 7) is 2.67. The van der Waals surface area contributed by atoms with E-state index >= 15 is 0 Å². The molecule has 0 aliphatic heterocycles. The first-order chi connectivity index (χ1) is 12.7. The second-order valence-electron chi connectivity index (χ2n) is 6.28. The van der Waals surface area contributed by atoms with Crippen LogP contribution in [0.4, 0.5) is 0 Å². The van der Waals surface area contributed by atoms with E-state index in [1.165, 1.54) is 5.56 Å². The van der Waals surface area contributed by atoms with Crippen molar-refractivity contribution in [2.75, 3.05) is 13.2 Å². The Morgan fingerprint density at radius 3 is 2.38 bits per heavy atom. The van der Waals surface area contributed by atoms with Gasteiger partial charge in [-0.3, -0.25) is 4.98 Å². The highest BCUT2D eigenvalue weighted by atomic mass is 16.5. The number of rotatable bonds is 8. The molecule has 3 rings (SSSR count). The summed E-state index contributed by atoms with van der Waals surface area (Å²) in [6.07, 6.45) is 1.16. The molecule has 0 amide bonds. The highest BCUT2D eigenvalue weighted by Crippen LogP contribution is 2.20. The summed E-state index contributed by atoms with van der Waals surface area (Å²) in [5, 5.41) is 13.7. The van der Waals surface area contributed by atoms with E-state index in [1.807, 2.05) is 67.6 Å². The minimum absolute atomic E-state index is 0.0774. The van der Waals surface area contributed by atoms with Crippen molar-refractivity contribution in [3.05, 3.63) is 95.8 Å². The zero-order valence-electron chi connectivity index (χ0n) is 14.9. The maximum absolute atomic E-state index is 10.3. The molecule has 134 valence electrons. The first-order valence-corrected chi connectivity index (χ1v) is 8.79. The molecule has 1 aromatic heterocycles. The largest absolute Gasteiger partial charge is 0.491 e. The van der Waals surface area contributed by atoms with Crippen LogP contribution < -0.4 is 10.1 Å². The molecule has 0 saturated carbocycles. The molecule has 0 spiro atoms. The summed E-state index contributed by atoms with van der Waals surface area (Å²) in [6, 6.07) is 23.7. The van der Waals surface area contributed by atoms with Crippen molar-refractivity contribution in [1.29, 1.82) is 0 Å². The molecule has 0 radical (unpaired) electrons. The lowest BCUT2D eigenvalue weighted by molar-refractivity contribution is 0.104. The highest BCUT2D eigenvalue weighted by Gasteiger charge is 2.16. The van der Waals surface area contributed by atoms with E-state index in [1.54, 1.807) is 6.20 Å². The van der Waals surface area contributed by atoms with Gasteiger partial charge < -0.3 is 15.2 Å². The molecular weight excluding hydrogens is 324 g/mol. The Hall–Kier alpha value is -2.69. The van der Waals surface area contributed by atoms with Crippen molar-refractivity contribution < 1.29 is 9.84 Å². The van der Waals surface area contributed by atoms with E-state index in [0.29, 0.717) is 6.54 Å². The molecule has 1 heterocycles. The number of ether oxygens (including phenoxy) is 1. The Morgan fingerprint density at radius 2 is 1.69 bits per heavy atom. The van der Waals surface area contributed by atoms with Crippen LogP contribution in [0.15, 0.2) is 79.0 Å². The first kappa shape index (κ1) is 18.1. The second kappa shape index (κ2) is 9.13. The van der Waals surface area contributed by atoms with Gasteiger partial charge in [0.25, 0.3) is 0 Å². The van der Waals surface area contributed by atoms with Crippen LogP contribution in [-0.2, 0) is 0 Å². The molecular formula is C22H24N2O2. The van der Waals surface area contributed by atoms with Gasteiger partial charge in [0.2, 0.25) is 0 Å². The average Bonchev–Trinajstić information content (AvgIpc) is 2.69. The van der Waals surface area contributed by atoms with Crippen LogP contribution in [0.2, 0.25) is 0 Å². The maximum atomic E-state index is 10.3. The maximum Gasteiger partial charge on any atom is 0.119 e. The predicted octanol–water partition coefficient (Wildman–Crippen LogP) is 3.51. The van der Waals surface area contributed by atoms with Gasteiger partial charge in [-0.2, -0.15) is 0 Å². The van der Waals surface area contributed by atoms with Crippen molar-refractivity contribution in [3.8, 4) is 5.75 Å². The Morgan fingerprint density at radius 1 is 0.962 bits per heavy atom. The Bertz CT molecular complexity index is 737. The lowest BCUT2D eigenvalue weighted by Crippen LogP contribution is -2.34. The van der Waals surface area contributed by atoms with E-state index in [0.717, 1.165) is 17.0 Å². The fourth-order valence-corrected chi connectivity index (χ4v) is 2.73. The fourth-order valence-electron chi connectivity index (χ4n) is 2.73. The summed E-state index contributed by atoms with van der Waals surface area (Å²) in [5.41, 5.74) is 3.21. The van der Waals surface area contributed by atoms with E-state index in [9.17, 15) is 5.11 Å². The normalized spacial score (nSPS) is 13.2. The summed E-state index contributed by atoms with van der Waals surface area (Å²) >= 11 is 0. The van der Waals surface area contributed by atoms with E-state index < -0.39 is 6.10 Å². The molecule has 2 atom stereocenters. The SMILES string of the molecule is Cc1ccc(OCC(O)CNC(c2ccccc2)c2ccccn2)cc1. The van der Waals surface area contributed by atoms with Crippen molar-refractivity contribution in [3.63, 3.8) is 0 Å². The standard InChI is InChI=1S/C22H24N2O2/c1-17-10-12-20(13-11-17)26-16-19(25)15-24-22(18-7-3-2-4-8-18)21-9-5-6-14-23-21/h2-14,19,22,24-25H,15-16H2,1H3. The fraction of sp³-hybridized carbons (Fsp3) is 0.227. The summed E-state index contributed by atoms with van der Waals surface area (Å²) in [4.78, 5) is 4.46. The molecule has 4 nitrogen and oxygen atoms in total. The average molecular weight is 348 g/mol. The Kier molecular flexibility index (Phi) is 6.36. The van der Waals surface area contributed by atoms with Gasteiger partial charge in [-0.25, -0.2) is 0 Å². The number of pyridine rings is 1. The van der Waals surface area contributed by atoms with Gasteiger partial charge in [0.1, 0.15) is 18.5 Å². The smallest absolute Gasteiger partial charge is 0.119 e. The van der Waals surface area contributed by atoms with Crippen LogP contribution in [0.5, 0.6) is 5.75 Å². The summed E-state index contributed by atoms with van der Waals surface area (Å²) in [7, 11) is 0. The van der Waals surface area contributed by atoms with Crippen molar-refractivity contribution in [1.82, 2.24) is 10.3 Å².